The van der Waals surface area contributed by atoms with Crippen LogP contribution in [0.5, 0.6) is 23.0 Å². The van der Waals surface area contributed by atoms with Crippen molar-refractivity contribution in [2.75, 3.05) is 21.3 Å². The predicted molar refractivity (Wildman–Crippen MR) is 121 cm³/mol. The van der Waals surface area contributed by atoms with Crippen molar-refractivity contribution in [2.45, 2.75) is 20.0 Å². The number of nitrogens with zero attached hydrogens (tertiary/aromatic N) is 2. The van der Waals surface area contributed by atoms with Gasteiger partial charge in [0.05, 0.1) is 39.3 Å². The maximum Gasteiger partial charge on any atom is 0.289 e. The molecule has 1 aromatic heterocycles. The summed E-state index contributed by atoms with van der Waals surface area (Å²) in [7, 11) is 4.69. The number of carbonyl (C=O) groups is 1. The smallest absolute Gasteiger partial charge is 0.289 e. The molecule has 0 aliphatic rings. The van der Waals surface area contributed by atoms with Crippen LogP contribution < -0.4 is 24.4 Å². The molecule has 0 aliphatic heterocycles. The predicted octanol–water partition coefficient (Wildman–Crippen LogP) is 3.65. The Morgan fingerprint density at radius 1 is 0.969 bits per heavy atom. The maximum absolute atomic E-state index is 12.4. The molecule has 3 rings (SSSR count). The van der Waals surface area contributed by atoms with Crippen molar-refractivity contribution in [3.8, 4) is 34.3 Å². The average molecular weight is 438 g/mol. The number of amides is 1. The van der Waals surface area contributed by atoms with Crippen LogP contribution in [-0.2, 0) is 0 Å². The number of aromatic nitrogens is 2. The summed E-state index contributed by atoms with van der Waals surface area (Å²) in [5, 5.41) is 10.9. The second kappa shape index (κ2) is 10.3. The second-order valence-electron chi connectivity index (χ2n) is 7.01. The van der Waals surface area contributed by atoms with Crippen LogP contribution >= 0.6 is 0 Å². The van der Waals surface area contributed by atoms with E-state index >= 15 is 0 Å². The van der Waals surface area contributed by atoms with E-state index in [2.05, 4.69) is 20.7 Å². The molecule has 2 N–H and O–H groups in total. The van der Waals surface area contributed by atoms with Crippen molar-refractivity contribution < 1.29 is 23.7 Å². The minimum atomic E-state index is -0.424. The van der Waals surface area contributed by atoms with Crippen LogP contribution in [0.3, 0.4) is 0 Å². The van der Waals surface area contributed by atoms with E-state index in [-0.39, 0.29) is 11.8 Å². The van der Waals surface area contributed by atoms with Gasteiger partial charge in [0.2, 0.25) is 0 Å². The molecule has 0 saturated heterocycles. The van der Waals surface area contributed by atoms with Crippen LogP contribution in [-0.4, -0.2) is 49.8 Å². The van der Waals surface area contributed by atoms with Gasteiger partial charge in [-0.3, -0.25) is 9.89 Å². The Bertz CT molecular complexity index is 1110. The zero-order chi connectivity index (χ0) is 23.1. The van der Waals surface area contributed by atoms with E-state index in [1.807, 2.05) is 32.0 Å². The van der Waals surface area contributed by atoms with Gasteiger partial charge in [0, 0.05) is 5.56 Å². The standard InChI is InChI=1S/C23H26N4O5/c1-14(2)32-20-9-7-16(11-22(20)31-5)17-12-18(26-25-17)23(28)27-24-13-15-6-8-19(29-3)21(10-15)30-4/h6-14H,1-5H3,(H,25,26)(H,27,28)/b24-13+. The van der Waals surface area contributed by atoms with Crippen LogP contribution in [0.15, 0.2) is 47.6 Å². The summed E-state index contributed by atoms with van der Waals surface area (Å²) < 4.78 is 21.6. The number of benzene rings is 2. The molecule has 9 nitrogen and oxygen atoms in total. The van der Waals surface area contributed by atoms with Gasteiger partial charge in [0.15, 0.2) is 23.0 Å². The van der Waals surface area contributed by atoms with Crippen LogP contribution in [0.1, 0.15) is 29.9 Å². The normalized spacial score (nSPS) is 10.9. The van der Waals surface area contributed by atoms with E-state index in [0.717, 1.165) is 11.1 Å². The van der Waals surface area contributed by atoms with E-state index < -0.39 is 5.91 Å². The van der Waals surface area contributed by atoms with Gasteiger partial charge in [0.1, 0.15) is 5.69 Å². The summed E-state index contributed by atoms with van der Waals surface area (Å²) in [5.41, 5.74) is 4.85. The molecule has 168 valence electrons. The first-order valence-corrected chi connectivity index (χ1v) is 9.91. The highest BCUT2D eigenvalue weighted by Gasteiger charge is 2.13. The lowest BCUT2D eigenvalue weighted by atomic mass is 10.1. The molecule has 2 aromatic carbocycles. The Morgan fingerprint density at radius 3 is 2.34 bits per heavy atom. The molecular formula is C23H26N4O5. The van der Waals surface area contributed by atoms with Crippen LogP contribution in [0, 0.1) is 0 Å². The highest BCUT2D eigenvalue weighted by atomic mass is 16.5. The Hall–Kier alpha value is -4.01. The summed E-state index contributed by atoms with van der Waals surface area (Å²) in [6, 6.07) is 12.4. The fourth-order valence-corrected chi connectivity index (χ4v) is 2.92. The van der Waals surface area contributed by atoms with Crippen molar-refractivity contribution in [2.24, 2.45) is 5.10 Å². The Morgan fingerprint density at radius 2 is 1.66 bits per heavy atom. The molecule has 0 fully saturated rings. The molecule has 3 aromatic rings. The number of H-pyrrole nitrogens is 1. The van der Waals surface area contributed by atoms with Gasteiger partial charge in [-0.2, -0.15) is 10.2 Å². The maximum atomic E-state index is 12.4. The fourth-order valence-electron chi connectivity index (χ4n) is 2.92. The molecule has 0 bridgehead atoms. The summed E-state index contributed by atoms with van der Waals surface area (Å²) in [6.07, 6.45) is 1.53. The Labute approximate surface area is 186 Å². The van der Waals surface area contributed by atoms with Gasteiger partial charge in [-0.15, -0.1) is 0 Å². The third-order valence-electron chi connectivity index (χ3n) is 4.43. The molecular weight excluding hydrogens is 412 g/mol. The second-order valence-corrected chi connectivity index (χ2v) is 7.01. The zero-order valence-electron chi connectivity index (χ0n) is 18.6. The highest BCUT2D eigenvalue weighted by molar-refractivity contribution is 5.94. The Balaban J connectivity index is 1.69. The third-order valence-corrected chi connectivity index (χ3v) is 4.43. The molecule has 1 amide bonds. The molecule has 32 heavy (non-hydrogen) atoms. The van der Waals surface area contributed by atoms with Crippen LogP contribution in [0.2, 0.25) is 0 Å². The number of hydrogen-bond acceptors (Lipinski definition) is 7. The number of rotatable bonds is 9. The van der Waals surface area contributed by atoms with E-state index in [9.17, 15) is 4.79 Å². The molecule has 0 radical (unpaired) electrons. The van der Waals surface area contributed by atoms with Gasteiger partial charge in [-0.1, -0.05) is 0 Å². The highest BCUT2D eigenvalue weighted by Crippen LogP contribution is 2.32. The number of hydrazone groups is 1. The lowest BCUT2D eigenvalue weighted by Gasteiger charge is -2.14. The molecule has 9 heteroatoms. The van der Waals surface area contributed by atoms with Crippen molar-refractivity contribution in [1.82, 2.24) is 15.6 Å². The van der Waals surface area contributed by atoms with Gasteiger partial charge in [-0.05, 0) is 61.9 Å². The Kier molecular flexibility index (Phi) is 7.33. The number of carbonyl (C=O) groups excluding carboxylic acids is 1. The van der Waals surface area contributed by atoms with E-state index in [4.69, 9.17) is 18.9 Å². The molecule has 0 unspecified atom stereocenters. The van der Waals surface area contributed by atoms with Gasteiger partial charge in [0.25, 0.3) is 5.91 Å². The van der Waals surface area contributed by atoms with Crippen LogP contribution in [0.25, 0.3) is 11.3 Å². The van der Waals surface area contributed by atoms with E-state index in [1.54, 1.807) is 45.6 Å². The summed E-state index contributed by atoms with van der Waals surface area (Å²) >= 11 is 0. The quantitative estimate of drug-likeness (QED) is 0.390. The molecule has 0 saturated carbocycles. The summed E-state index contributed by atoms with van der Waals surface area (Å²) in [4.78, 5) is 12.4. The third kappa shape index (κ3) is 5.37. The van der Waals surface area contributed by atoms with Gasteiger partial charge in [-0.25, -0.2) is 5.43 Å². The van der Waals surface area contributed by atoms with E-state index in [0.29, 0.717) is 28.7 Å². The molecule has 0 spiro atoms. The molecule has 0 aliphatic carbocycles. The number of hydrogen-bond donors (Lipinski definition) is 2. The minimum Gasteiger partial charge on any atom is -0.493 e. The minimum absolute atomic E-state index is 0.0231. The zero-order valence-corrected chi connectivity index (χ0v) is 18.6. The number of ether oxygens (including phenoxy) is 4. The summed E-state index contributed by atoms with van der Waals surface area (Å²) in [6.45, 7) is 3.89. The van der Waals surface area contributed by atoms with E-state index in [1.165, 1.54) is 6.21 Å². The number of nitrogens with one attached hydrogen (secondary N) is 2. The first kappa shape index (κ1) is 22.7. The lowest BCUT2D eigenvalue weighted by molar-refractivity contribution is 0.0950. The monoisotopic (exact) mass is 438 g/mol. The molecule has 0 atom stereocenters. The first-order chi connectivity index (χ1) is 15.4. The lowest BCUT2D eigenvalue weighted by Crippen LogP contribution is -2.18. The number of aromatic amines is 1. The van der Waals surface area contributed by atoms with Crippen LogP contribution in [0.4, 0.5) is 0 Å². The van der Waals surface area contributed by atoms with Crippen molar-refractivity contribution in [3.63, 3.8) is 0 Å². The largest absolute Gasteiger partial charge is 0.493 e. The fraction of sp³-hybridized carbons (Fsp3) is 0.261. The number of methoxy groups -OCH3 is 3. The molecule has 1 heterocycles. The first-order valence-electron chi connectivity index (χ1n) is 9.91. The van der Waals surface area contributed by atoms with Gasteiger partial charge < -0.3 is 18.9 Å². The average Bonchev–Trinajstić information content (AvgIpc) is 3.29. The van der Waals surface area contributed by atoms with Crippen molar-refractivity contribution in [1.29, 1.82) is 0 Å². The van der Waals surface area contributed by atoms with Gasteiger partial charge >= 0.3 is 0 Å². The topological polar surface area (TPSA) is 107 Å². The van der Waals surface area contributed by atoms with Crippen molar-refractivity contribution >= 4 is 12.1 Å². The van der Waals surface area contributed by atoms with Crippen molar-refractivity contribution in [3.05, 3.63) is 53.7 Å². The summed E-state index contributed by atoms with van der Waals surface area (Å²) in [5.74, 6) is 1.99. The SMILES string of the molecule is COc1ccc(/C=N/NC(=O)c2cc(-c3ccc(OC(C)C)c(OC)c3)n[nH]2)cc1OC.